The van der Waals surface area contributed by atoms with Gasteiger partial charge in [0.1, 0.15) is 5.75 Å². The van der Waals surface area contributed by atoms with Gasteiger partial charge in [0, 0.05) is 5.56 Å². The lowest BCUT2D eigenvalue weighted by Crippen LogP contribution is -2.06. The number of carbonyl (C=O) groups excluding carboxylic acids is 1. The monoisotopic (exact) mass is 256 g/mol. The molecule has 0 atom stereocenters. The highest BCUT2D eigenvalue weighted by Crippen LogP contribution is 2.26. The molecule has 0 aromatic heterocycles. The van der Waals surface area contributed by atoms with Gasteiger partial charge in [-0.2, -0.15) is 0 Å². The van der Waals surface area contributed by atoms with Crippen LogP contribution < -0.4 is 4.74 Å². The van der Waals surface area contributed by atoms with Gasteiger partial charge >= 0.3 is 0 Å². The van der Waals surface area contributed by atoms with Crippen LogP contribution >= 0.6 is 15.9 Å². The fourth-order valence-corrected chi connectivity index (χ4v) is 1.54. The molecule has 1 aromatic rings. The highest BCUT2D eigenvalue weighted by atomic mass is 79.9. The second-order valence-corrected chi connectivity index (χ2v) is 4.22. The molecule has 1 rings (SSSR count). The van der Waals surface area contributed by atoms with E-state index in [0.29, 0.717) is 5.56 Å². The zero-order valence-corrected chi connectivity index (χ0v) is 10.1. The summed E-state index contributed by atoms with van der Waals surface area (Å²) in [5, 5.41) is 0. The number of Topliss-reactive ketones (excluding diaryl/α,β-unsaturated/α-hetero) is 1. The van der Waals surface area contributed by atoms with Crippen molar-refractivity contribution in [3.05, 3.63) is 28.2 Å². The summed E-state index contributed by atoms with van der Waals surface area (Å²) in [6.07, 6.45) is 0.134. The normalized spacial score (nSPS) is 10.4. The number of carbonyl (C=O) groups is 1. The molecule has 3 heteroatoms. The minimum Gasteiger partial charge on any atom is -0.490 e. The zero-order chi connectivity index (χ0) is 10.7. The van der Waals surface area contributed by atoms with E-state index in [-0.39, 0.29) is 11.9 Å². The summed E-state index contributed by atoms with van der Waals surface area (Å²) in [4.78, 5) is 11.1. The highest BCUT2D eigenvalue weighted by Gasteiger charge is 2.06. The summed E-state index contributed by atoms with van der Waals surface area (Å²) in [6.45, 7) is 5.47. The van der Waals surface area contributed by atoms with Gasteiger partial charge in [0.25, 0.3) is 0 Å². The lowest BCUT2D eigenvalue weighted by Gasteiger charge is -2.11. The molecule has 0 N–H and O–H groups in total. The first-order valence-corrected chi connectivity index (χ1v) is 5.27. The third kappa shape index (κ3) is 2.84. The molecule has 0 spiro atoms. The van der Waals surface area contributed by atoms with Crippen LogP contribution in [-0.2, 0) is 0 Å². The molecule has 0 saturated heterocycles. The van der Waals surface area contributed by atoms with Crippen LogP contribution in [0.25, 0.3) is 0 Å². The van der Waals surface area contributed by atoms with Gasteiger partial charge in [-0.15, -0.1) is 0 Å². The zero-order valence-electron chi connectivity index (χ0n) is 8.50. The fraction of sp³-hybridized carbons (Fsp3) is 0.364. The Bertz CT molecular complexity index is 345. The molecule has 0 unspecified atom stereocenters. The van der Waals surface area contributed by atoms with Crippen molar-refractivity contribution in [1.82, 2.24) is 0 Å². The summed E-state index contributed by atoms with van der Waals surface area (Å²) < 4.78 is 6.34. The molecule has 0 saturated carbocycles. The number of benzene rings is 1. The van der Waals surface area contributed by atoms with Gasteiger partial charge in [0.15, 0.2) is 5.78 Å². The Labute approximate surface area is 92.4 Å². The van der Waals surface area contributed by atoms with E-state index >= 15 is 0 Å². The van der Waals surface area contributed by atoms with Gasteiger partial charge in [-0.3, -0.25) is 4.79 Å². The van der Waals surface area contributed by atoms with Crippen molar-refractivity contribution in [1.29, 1.82) is 0 Å². The maximum atomic E-state index is 11.1. The van der Waals surface area contributed by atoms with Gasteiger partial charge in [-0.25, -0.2) is 0 Å². The molecule has 0 aliphatic rings. The second-order valence-electron chi connectivity index (χ2n) is 3.37. The molecule has 0 radical (unpaired) electrons. The lowest BCUT2D eigenvalue weighted by atomic mass is 10.1. The summed E-state index contributed by atoms with van der Waals surface area (Å²) >= 11 is 3.37. The Hall–Kier alpha value is -0.830. The summed E-state index contributed by atoms with van der Waals surface area (Å²) in [5.74, 6) is 0.826. The van der Waals surface area contributed by atoms with Crippen molar-refractivity contribution >= 4 is 21.7 Å². The summed E-state index contributed by atoms with van der Waals surface area (Å²) in [5.41, 5.74) is 0.688. The van der Waals surface area contributed by atoms with Gasteiger partial charge in [0.05, 0.1) is 10.6 Å². The lowest BCUT2D eigenvalue weighted by molar-refractivity contribution is 0.101. The first kappa shape index (κ1) is 11.2. The van der Waals surface area contributed by atoms with Crippen LogP contribution in [0.15, 0.2) is 22.7 Å². The third-order valence-corrected chi connectivity index (χ3v) is 2.32. The molecule has 76 valence electrons. The van der Waals surface area contributed by atoms with Crippen LogP contribution in [0, 0.1) is 0 Å². The minimum absolute atomic E-state index is 0.0572. The van der Waals surface area contributed by atoms with Crippen LogP contribution in [0.5, 0.6) is 5.75 Å². The molecule has 0 aliphatic carbocycles. The van der Waals surface area contributed by atoms with E-state index in [1.807, 2.05) is 13.8 Å². The van der Waals surface area contributed by atoms with Crippen LogP contribution in [0.3, 0.4) is 0 Å². The van der Waals surface area contributed by atoms with Crippen LogP contribution in [0.2, 0.25) is 0 Å². The van der Waals surface area contributed by atoms with E-state index < -0.39 is 0 Å². The minimum atomic E-state index is 0.0572. The summed E-state index contributed by atoms with van der Waals surface area (Å²) in [6, 6.07) is 5.35. The standard InChI is InChI=1S/C11H13BrO2/c1-7(2)14-11-5-4-9(8(3)13)6-10(11)12/h4-7H,1-3H3. The van der Waals surface area contributed by atoms with Gasteiger partial charge in [0.2, 0.25) is 0 Å². The first-order chi connectivity index (χ1) is 6.50. The Morgan fingerprint density at radius 3 is 2.50 bits per heavy atom. The Morgan fingerprint density at radius 2 is 2.07 bits per heavy atom. The summed E-state index contributed by atoms with van der Waals surface area (Å²) in [7, 11) is 0. The van der Waals surface area contributed by atoms with E-state index in [1.165, 1.54) is 0 Å². The van der Waals surface area contributed by atoms with Crippen LogP contribution in [-0.4, -0.2) is 11.9 Å². The van der Waals surface area contributed by atoms with Crippen molar-refractivity contribution in [2.75, 3.05) is 0 Å². The maximum absolute atomic E-state index is 11.1. The molecule has 0 heterocycles. The SMILES string of the molecule is CC(=O)c1ccc(OC(C)C)c(Br)c1. The van der Waals surface area contributed by atoms with Crippen molar-refractivity contribution in [2.24, 2.45) is 0 Å². The van der Waals surface area contributed by atoms with E-state index in [9.17, 15) is 4.79 Å². The quantitative estimate of drug-likeness (QED) is 0.775. The van der Waals surface area contributed by atoms with E-state index in [1.54, 1.807) is 25.1 Å². The predicted octanol–water partition coefficient (Wildman–Crippen LogP) is 3.44. The first-order valence-electron chi connectivity index (χ1n) is 4.48. The van der Waals surface area contributed by atoms with E-state index in [0.717, 1.165) is 10.2 Å². The number of ketones is 1. The topological polar surface area (TPSA) is 26.3 Å². The van der Waals surface area contributed by atoms with Gasteiger partial charge in [-0.1, -0.05) is 0 Å². The molecular formula is C11H13BrO2. The van der Waals surface area contributed by atoms with Gasteiger partial charge in [-0.05, 0) is 54.9 Å². The average Bonchev–Trinajstić information content (AvgIpc) is 2.07. The fourth-order valence-electron chi connectivity index (χ4n) is 1.07. The van der Waals surface area contributed by atoms with Crippen molar-refractivity contribution in [3.8, 4) is 5.75 Å². The van der Waals surface area contributed by atoms with E-state index in [2.05, 4.69) is 15.9 Å². The Kier molecular flexibility index (Phi) is 3.69. The Morgan fingerprint density at radius 1 is 1.43 bits per heavy atom. The smallest absolute Gasteiger partial charge is 0.159 e. The molecule has 14 heavy (non-hydrogen) atoms. The molecular weight excluding hydrogens is 244 g/mol. The third-order valence-electron chi connectivity index (χ3n) is 1.70. The molecule has 0 aliphatic heterocycles. The number of halogens is 1. The molecule has 0 bridgehead atoms. The number of hydrogen-bond acceptors (Lipinski definition) is 2. The largest absolute Gasteiger partial charge is 0.490 e. The highest BCUT2D eigenvalue weighted by molar-refractivity contribution is 9.10. The Balaban J connectivity index is 2.95. The van der Waals surface area contributed by atoms with Crippen LogP contribution in [0.4, 0.5) is 0 Å². The maximum Gasteiger partial charge on any atom is 0.159 e. The van der Waals surface area contributed by atoms with Crippen LogP contribution in [0.1, 0.15) is 31.1 Å². The number of rotatable bonds is 3. The van der Waals surface area contributed by atoms with Gasteiger partial charge < -0.3 is 4.74 Å². The van der Waals surface area contributed by atoms with Crippen molar-refractivity contribution < 1.29 is 9.53 Å². The average molecular weight is 257 g/mol. The molecule has 1 aromatic carbocycles. The number of ether oxygens (including phenoxy) is 1. The van der Waals surface area contributed by atoms with Crippen molar-refractivity contribution in [3.63, 3.8) is 0 Å². The van der Waals surface area contributed by atoms with E-state index in [4.69, 9.17) is 4.74 Å². The molecule has 0 fully saturated rings. The number of hydrogen-bond donors (Lipinski definition) is 0. The predicted molar refractivity (Wildman–Crippen MR) is 59.9 cm³/mol. The second kappa shape index (κ2) is 4.60. The van der Waals surface area contributed by atoms with Crippen molar-refractivity contribution in [2.45, 2.75) is 26.9 Å². The molecule has 0 amide bonds. The molecule has 2 nitrogen and oxygen atoms in total.